The van der Waals surface area contributed by atoms with Gasteiger partial charge < -0.3 is 12.4 Å². The van der Waals surface area contributed by atoms with E-state index in [2.05, 4.69) is 28.2 Å². The maximum Gasteiger partial charge on any atom is 0.171 e. The van der Waals surface area contributed by atoms with Crippen LogP contribution in [0.5, 0.6) is 0 Å². The highest BCUT2D eigenvalue weighted by Crippen LogP contribution is 2.12. The van der Waals surface area contributed by atoms with E-state index in [1.807, 2.05) is 36.9 Å². The van der Waals surface area contributed by atoms with Crippen molar-refractivity contribution in [1.82, 2.24) is 0 Å². The first-order chi connectivity index (χ1) is 5.20. The SMILES string of the molecule is C[N+](C)=Cc1ccccc1Br.[Cl-]. The maximum absolute atomic E-state index is 3.47. The van der Waals surface area contributed by atoms with Gasteiger partial charge in [0.25, 0.3) is 0 Å². The molecule has 0 N–H and O–H groups in total. The summed E-state index contributed by atoms with van der Waals surface area (Å²) in [6, 6.07) is 8.15. The van der Waals surface area contributed by atoms with Gasteiger partial charge in [-0.15, -0.1) is 0 Å². The minimum Gasteiger partial charge on any atom is -1.00 e. The smallest absolute Gasteiger partial charge is 0.171 e. The van der Waals surface area contributed by atoms with Crippen LogP contribution in [0.2, 0.25) is 0 Å². The van der Waals surface area contributed by atoms with Crippen molar-refractivity contribution >= 4 is 22.1 Å². The molecule has 0 unspecified atom stereocenters. The fourth-order valence-corrected chi connectivity index (χ4v) is 1.25. The average Bonchev–Trinajstić information content (AvgIpc) is 1.93. The fourth-order valence-electron chi connectivity index (χ4n) is 0.858. The van der Waals surface area contributed by atoms with Crippen LogP contribution < -0.4 is 12.4 Å². The quantitative estimate of drug-likeness (QED) is 0.450. The summed E-state index contributed by atoms with van der Waals surface area (Å²) in [5.41, 5.74) is 1.21. The minimum absolute atomic E-state index is 0. The summed E-state index contributed by atoms with van der Waals surface area (Å²) in [7, 11) is 4.03. The van der Waals surface area contributed by atoms with Crippen molar-refractivity contribution in [2.45, 2.75) is 0 Å². The summed E-state index contributed by atoms with van der Waals surface area (Å²) < 4.78 is 3.16. The number of hydrogen-bond acceptors (Lipinski definition) is 0. The highest BCUT2D eigenvalue weighted by Gasteiger charge is 1.96. The lowest BCUT2D eigenvalue weighted by Gasteiger charge is -1.93. The molecule has 1 aromatic carbocycles. The van der Waals surface area contributed by atoms with E-state index in [1.165, 1.54) is 5.56 Å². The molecular weight excluding hydrogens is 237 g/mol. The van der Waals surface area contributed by atoms with Crippen LogP contribution in [0.15, 0.2) is 28.7 Å². The standard InChI is InChI=1S/C9H11BrN.ClH/c1-11(2)7-8-5-3-4-6-9(8)10;/h3-7H,1-2H3;1H/q+1;/p-1. The van der Waals surface area contributed by atoms with Gasteiger partial charge in [0, 0.05) is 4.47 Å². The minimum atomic E-state index is 0. The molecular formula is C9H11BrClN. The molecule has 0 amide bonds. The van der Waals surface area contributed by atoms with Crippen molar-refractivity contribution in [1.29, 1.82) is 0 Å². The molecule has 0 aliphatic heterocycles. The summed E-state index contributed by atoms with van der Waals surface area (Å²) in [6.07, 6.45) is 2.07. The van der Waals surface area contributed by atoms with E-state index in [9.17, 15) is 0 Å². The number of rotatable bonds is 1. The molecule has 1 aromatic rings. The van der Waals surface area contributed by atoms with Crippen molar-refractivity contribution in [2.75, 3.05) is 14.1 Å². The second kappa shape index (κ2) is 5.33. The Balaban J connectivity index is 0.00000121. The molecule has 3 heteroatoms. The molecule has 0 heterocycles. The lowest BCUT2D eigenvalue weighted by Crippen LogP contribution is -3.00. The topological polar surface area (TPSA) is 3.01 Å². The molecule has 0 atom stereocenters. The molecule has 0 saturated carbocycles. The third kappa shape index (κ3) is 3.37. The van der Waals surface area contributed by atoms with Gasteiger partial charge in [-0.05, 0) is 28.1 Å². The van der Waals surface area contributed by atoms with E-state index >= 15 is 0 Å². The highest BCUT2D eigenvalue weighted by molar-refractivity contribution is 9.10. The molecule has 0 radical (unpaired) electrons. The van der Waals surface area contributed by atoms with E-state index in [4.69, 9.17) is 0 Å². The number of hydrogen-bond donors (Lipinski definition) is 0. The predicted octanol–water partition coefficient (Wildman–Crippen LogP) is -0.856. The molecule has 0 aliphatic rings. The van der Waals surface area contributed by atoms with E-state index < -0.39 is 0 Å². The molecule has 66 valence electrons. The van der Waals surface area contributed by atoms with Crippen LogP contribution >= 0.6 is 15.9 Å². The molecule has 1 nitrogen and oxygen atoms in total. The Hall–Kier alpha value is -0.340. The molecule has 0 saturated heterocycles. The lowest BCUT2D eigenvalue weighted by molar-refractivity contribution is -0.458. The monoisotopic (exact) mass is 247 g/mol. The van der Waals surface area contributed by atoms with Crippen LogP contribution in [-0.4, -0.2) is 24.9 Å². The third-order valence-electron chi connectivity index (χ3n) is 1.30. The van der Waals surface area contributed by atoms with Crippen molar-refractivity contribution in [2.24, 2.45) is 0 Å². The van der Waals surface area contributed by atoms with Crippen molar-refractivity contribution in [3.8, 4) is 0 Å². The molecule has 0 fully saturated rings. The van der Waals surface area contributed by atoms with Gasteiger partial charge in [-0.1, -0.05) is 12.1 Å². The zero-order valence-corrected chi connectivity index (χ0v) is 9.43. The van der Waals surface area contributed by atoms with Gasteiger partial charge in [-0.25, -0.2) is 4.58 Å². The fraction of sp³-hybridized carbons (Fsp3) is 0.222. The number of halogens is 2. The summed E-state index contributed by atoms with van der Waals surface area (Å²) in [5, 5.41) is 0. The van der Waals surface area contributed by atoms with Crippen molar-refractivity contribution < 1.29 is 17.0 Å². The average molecular weight is 249 g/mol. The zero-order valence-electron chi connectivity index (χ0n) is 7.09. The van der Waals surface area contributed by atoms with Gasteiger partial charge in [0.15, 0.2) is 6.21 Å². The number of nitrogens with zero attached hydrogens (tertiary/aromatic N) is 1. The van der Waals surface area contributed by atoms with Crippen LogP contribution in [-0.2, 0) is 0 Å². The van der Waals surface area contributed by atoms with Crippen molar-refractivity contribution in [3.63, 3.8) is 0 Å². The molecule has 0 spiro atoms. The predicted molar refractivity (Wildman–Crippen MR) is 51.4 cm³/mol. The second-order valence-electron chi connectivity index (χ2n) is 2.61. The summed E-state index contributed by atoms with van der Waals surface area (Å²) in [5.74, 6) is 0. The second-order valence-corrected chi connectivity index (χ2v) is 3.47. The Morgan fingerprint density at radius 2 is 1.83 bits per heavy atom. The van der Waals surface area contributed by atoms with Gasteiger partial charge in [0.2, 0.25) is 0 Å². The van der Waals surface area contributed by atoms with E-state index in [0.717, 1.165) is 4.47 Å². The molecule has 12 heavy (non-hydrogen) atoms. The van der Waals surface area contributed by atoms with E-state index in [0.29, 0.717) is 0 Å². The van der Waals surface area contributed by atoms with Gasteiger partial charge in [0.05, 0.1) is 5.56 Å². The Kier molecular flexibility index (Phi) is 5.18. The van der Waals surface area contributed by atoms with Gasteiger partial charge >= 0.3 is 0 Å². The molecule has 0 bridgehead atoms. The molecule has 1 rings (SSSR count). The van der Waals surface area contributed by atoms with Gasteiger partial charge in [0.1, 0.15) is 14.1 Å². The van der Waals surface area contributed by atoms with Crippen LogP contribution in [0.25, 0.3) is 0 Å². The lowest BCUT2D eigenvalue weighted by atomic mass is 10.2. The first-order valence-electron chi connectivity index (χ1n) is 3.46. The van der Waals surface area contributed by atoms with Crippen LogP contribution in [0.1, 0.15) is 5.56 Å². The Labute approximate surface area is 87.7 Å². The van der Waals surface area contributed by atoms with Crippen LogP contribution in [0.3, 0.4) is 0 Å². The van der Waals surface area contributed by atoms with Gasteiger partial charge in [-0.3, -0.25) is 0 Å². The van der Waals surface area contributed by atoms with E-state index in [-0.39, 0.29) is 12.4 Å². The van der Waals surface area contributed by atoms with Crippen LogP contribution in [0, 0.1) is 0 Å². The summed E-state index contributed by atoms with van der Waals surface area (Å²) in [4.78, 5) is 0. The molecule has 0 aliphatic carbocycles. The normalized spacial score (nSPS) is 8.58. The molecule has 0 aromatic heterocycles. The Morgan fingerprint density at radius 1 is 1.25 bits per heavy atom. The Morgan fingerprint density at radius 3 is 2.33 bits per heavy atom. The van der Waals surface area contributed by atoms with Crippen molar-refractivity contribution in [3.05, 3.63) is 34.3 Å². The Bertz CT molecular complexity index is 280. The first-order valence-corrected chi connectivity index (χ1v) is 4.25. The third-order valence-corrected chi connectivity index (χ3v) is 2.02. The van der Waals surface area contributed by atoms with E-state index in [1.54, 1.807) is 0 Å². The summed E-state index contributed by atoms with van der Waals surface area (Å²) >= 11 is 3.47. The number of benzene rings is 1. The highest BCUT2D eigenvalue weighted by atomic mass is 79.9. The van der Waals surface area contributed by atoms with Gasteiger partial charge in [-0.2, -0.15) is 0 Å². The largest absolute Gasteiger partial charge is 1.00 e. The summed E-state index contributed by atoms with van der Waals surface area (Å²) in [6.45, 7) is 0. The zero-order chi connectivity index (χ0) is 8.27. The maximum atomic E-state index is 3.47. The first kappa shape index (κ1) is 11.7. The van der Waals surface area contributed by atoms with Crippen LogP contribution in [0.4, 0.5) is 0 Å².